The van der Waals surface area contributed by atoms with Gasteiger partial charge in [0.05, 0.1) is 0 Å². The van der Waals surface area contributed by atoms with E-state index in [1.54, 1.807) is 0 Å². The average Bonchev–Trinajstić information content (AvgIpc) is 2.17. The fourth-order valence-corrected chi connectivity index (χ4v) is 0.743. The lowest BCUT2D eigenvalue weighted by molar-refractivity contribution is -0.184. The number of halogens is 3. The molecule has 0 saturated carbocycles. The van der Waals surface area contributed by atoms with Gasteiger partial charge < -0.3 is 11.1 Å². The zero-order chi connectivity index (χ0) is 12.4. The van der Waals surface area contributed by atoms with Crippen LogP contribution in [0, 0.1) is 0 Å². The van der Waals surface area contributed by atoms with Crippen molar-refractivity contribution >= 4 is 11.7 Å². The second-order valence-corrected chi connectivity index (χ2v) is 3.26. The Hall–Kier alpha value is -1.70. The molecule has 0 aliphatic rings. The summed E-state index contributed by atoms with van der Waals surface area (Å²) in [5.41, 5.74) is 1.93. The molecule has 1 rings (SSSR count). The minimum Gasteiger partial charge on any atom is -0.310 e. The smallest absolute Gasteiger partial charge is 0.310 e. The number of hydrogen-bond donors (Lipinski definition) is 2. The van der Waals surface area contributed by atoms with E-state index in [9.17, 15) is 18.0 Å². The van der Waals surface area contributed by atoms with Crippen LogP contribution in [0.2, 0.25) is 0 Å². The molecular formula is C8H9F3N4O. The number of rotatable bonds is 2. The van der Waals surface area contributed by atoms with Gasteiger partial charge in [0.1, 0.15) is 0 Å². The minimum atomic E-state index is -4.83. The number of nitrogens with two attached hydrogens (primary N) is 1. The molecule has 0 fully saturated rings. The van der Waals surface area contributed by atoms with Gasteiger partial charge in [-0.2, -0.15) is 18.3 Å². The molecule has 0 radical (unpaired) electrons. The van der Waals surface area contributed by atoms with Gasteiger partial charge in [0.15, 0.2) is 11.4 Å². The Morgan fingerprint density at radius 3 is 2.56 bits per heavy atom. The summed E-state index contributed by atoms with van der Waals surface area (Å²) in [6, 6.07) is 2.72. The van der Waals surface area contributed by atoms with Crippen LogP contribution >= 0.6 is 0 Å². The van der Waals surface area contributed by atoms with E-state index < -0.39 is 17.6 Å². The maximum Gasteiger partial charge on any atom is 0.415 e. The molecule has 1 unspecified atom stereocenters. The number of carbonyl (C=O) groups is 1. The van der Waals surface area contributed by atoms with E-state index in [-0.39, 0.29) is 5.82 Å². The first kappa shape index (κ1) is 12.4. The van der Waals surface area contributed by atoms with Gasteiger partial charge in [-0.3, -0.25) is 4.79 Å². The molecule has 16 heavy (non-hydrogen) atoms. The van der Waals surface area contributed by atoms with E-state index >= 15 is 0 Å². The Bertz CT molecular complexity index is 377. The van der Waals surface area contributed by atoms with Gasteiger partial charge in [-0.05, 0) is 19.1 Å². The Morgan fingerprint density at radius 1 is 1.50 bits per heavy atom. The Labute approximate surface area is 88.8 Å². The summed E-state index contributed by atoms with van der Waals surface area (Å²) in [5.74, 6) is -1.48. The van der Waals surface area contributed by atoms with Crippen LogP contribution in [0.25, 0.3) is 0 Å². The van der Waals surface area contributed by atoms with Crippen LogP contribution < -0.4 is 11.1 Å². The van der Waals surface area contributed by atoms with Crippen molar-refractivity contribution in [1.29, 1.82) is 0 Å². The predicted molar refractivity (Wildman–Crippen MR) is 49.3 cm³/mol. The number of anilines is 1. The number of nitrogens with zero attached hydrogens (tertiary/aromatic N) is 2. The van der Waals surface area contributed by atoms with Crippen LogP contribution in [-0.4, -0.2) is 27.8 Å². The molecule has 88 valence electrons. The molecule has 0 aliphatic heterocycles. The molecule has 0 saturated heterocycles. The summed E-state index contributed by atoms with van der Waals surface area (Å²) >= 11 is 0. The summed E-state index contributed by atoms with van der Waals surface area (Å²) in [5, 5.41) is 8.74. The first-order valence-electron chi connectivity index (χ1n) is 4.20. The molecule has 1 heterocycles. The highest BCUT2D eigenvalue weighted by Gasteiger charge is 2.54. The highest BCUT2D eigenvalue weighted by molar-refractivity contribution is 5.97. The first-order chi connectivity index (χ1) is 7.25. The van der Waals surface area contributed by atoms with Crippen molar-refractivity contribution in [2.45, 2.75) is 18.6 Å². The Morgan fingerprint density at radius 2 is 2.12 bits per heavy atom. The van der Waals surface area contributed by atoms with Crippen LogP contribution in [0.1, 0.15) is 6.92 Å². The van der Waals surface area contributed by atoms with Gasteiger partial charge >= 0.3 is 6.18 Å². The van der Waals surface area contributed by atoms with Crippen molar-refractivity contribution in [3.05, 3.63) is 18.3 Å². The third-order valence-corrected chi connectivity index (χ3v) is 1.87. The number of alkyl halides is 3. The molecule has 5 nitrogen and oxygen atoms in total. The maximum atomic E-state index is 12.4. The Balaban J connectivity index is 2.81. The molecule has 1 amide bonds. The van der Waals surface area contributed by atoms with Gasteiger partial charge in [0.25, 0.3) is 5.91 Å². The van der Waals surface area contributed by atoms with E-state index in [1.165, 1.54) is 18.3 Å². The van der Waals surface area contributed by atoms with Crippen LogP contribution in [0.5, 0.6) is 0 Å². The molecule has 1 aromatic rings. The number of hydrogen-bond acceptors (Lipinski definition) is 4. The molecule has 0 aromatic carbocycles. The third kappa shape index (κ3) is 2.45. The number of aromatic nitrogens is 2. The van der Waals surface area contributed by atoms with E-state index in [0.29, 0.717) is 6.92 Å². The fourth-order valence-electron chi connectivity index (χ4n) is 0.743. The highest BCUT2D eigenvalue weighted by Crippen LogP contribution is 2.28. The van der Waals surface area contributed by atoms with Crippen molar-refractivity contribution in [2.75, 3.05) is 5.32 Å². The minimum absolute atomic E-state index is 0.0894. The number of carbonyl (C=O) groups excluding carboxylic acids is 1. The van der Waals surface area contributed by atoms with Crippen LogP contribution in [0.15, 0.2) is 18.3 Å². The van der Waals surface area contributed by atoms with Gasteiger partial charge in [-0.25, -0.2) is 0 Å². The topological polar surface area (TPSA) is 80.9 Å². The standard InChI is InChI=1S/C8H9F3N4O/c1-7(12,8(9,10)11)6(16)14-5-3-2-4-13-15-5/h2-4H,12H2,1H3,(H,14,15,16). The van der Waals surface area contributed by atoms with E-state index in [4.69, 9.17) is 5.73 Å². The summed E-state index contributed by atoms with van der Waals surface area (Å²) in [7, 11) is 0. The molecule has 0 spiro atoms. The lowest BCUT2D eigenvalue weighted by Gasteiger charge is -2.25. The molecule has 0 aliphatic carbocycles. The zero-order valence-corrected chi connectivity index (χ0v) is 8.25. The van der Waals surface area contributed by atoms with Crippen molar-refractivity contribution in [3.8, 4) is 0 Å². The molecule has 1 atom stereocenters. The lowest BCUT2D eigenvalue weighted by atomic mass is 10.0. The number of amides is 1. The van der Waals surface area contributed by atoms with Gasteiger partial charge in [-0.15, -0.1) is 5.10 Å². The predicted octanol–water partition coefficient (Wildman–Crippen LogP) is 0.695. The summed E-state index contributed by atoms with van der Waals surface area (Å²) < 4.78 is 37.1. The largest absolute Gasteiger partial charge is 0.415 e. The maximum absolute atomic E-state index is 12.4. The van der Waals surface area contributed by atoms with E-state index in [2.05, 4.69) is 10.2 Å². The van der Waals surface area contributed by atoms with Crippen molar-refractivity contribution in [2.24, 2.45) is 5.73 Å². The second-order valence-electron chi connectivity index (χ2n) is 3.26. The zero-order valence-electron chi connectivity index (χ0n) is 8.25. The molecule has 0 bridgehead atoms. The third-order valence-electron chi connectivity index (χ3n) is 1.87. The summed E-state index contributed by atoms with van der Waals surface area (Å²) in [6.45, 7) is 0.582. The van der Waals surface area contributed by atoms with Gasteiger partial charge in [0, 0.05) is 6.20 Å². The normalized spacial score (nSPS) is 15.3. The fraction of sp³-hybridized carbons (Fsp3) is 0.375. The molecular weight excluding hydrogens is 225 g/mol. The summed E-state index contributed by atoms with van der Waals surface area (Å²) in [4.78, 5) is 11.3. The quantitative estimate of drug-likeness (QED) is 0.789. The van der Waals surface area contributed by atoms with Gasteiger partial charge in [0.2, 0.25) is 0 Å². The highest BCUT2D eigenvalue weighted by atomic mass is 19.4. The van der Waals surface area contributed by atoms with Crippen LogP contribution in [-0.2, 0) is 4.79 Å². The first-order valence-corrected chi connectivity index (χ1v) is 4.20. The lowest BCUT2D eigenvalue weighted by Crippen LogP contribution is -2.59. The van der Waals surface area contributed by atoms with Crippen molar-refractivity contribution in [3.63, 3.8) is 0 Å². The van der Waals surface area contributed by atoms with Crippen LogP contribution in [0.3, 0.4) is 0 Å². The summed E-state index contributed by atoms with van der Waals surface area (Å²) in [6.07, 6.45) is -3.51. The number of nitrogens with one attached hydrogen (secondary N) is 1. The monoisotopic (exact) mass is 234 g/mol. The van der Waals surface area contributed by atoms with Crippen molar-refractivity contribution < 1.29 is 18.0 Å². The van der Waals surface area contributed by atoms with Gasteiger partial charge in [-0.1, -0.05) is 0 Å². The van der Waals surface area contributed by atoms with Crippen molar-refractivity contribution in [1.82, 2.24) is 10.2 Å². The Kier molecular flexibility index (Phi) is 3.13. The van der Waals surface area contributed by atoms with Crippen LogP contribution in [0.4, 0.5) is 19.0 Å². The average molecular weight is 234 g/mol. The molecule has 1 aromatic heterocycles. The second kappa shape index (κ2) is 4.05. The van der Waals surface area contributed by atoms with E-state index in [0.717, 1.165) is 0 Å². The van der Waals surface area contributed by atoms with E-state index in [1.807, 2.05) is 5.32 Å². The molecule has 3 N–H and O–H groups in total. The SMILES string of the molecule is CC(N)(C(=O)Nc1cccnn1)C(F)(F)F. The molecule has 8 heteroatoms.